The summed E-state index contributed by atoms with van der Waals surface area (Å²) in [7, 11) is 0. The Hall–Kier alpha value is 0.610. The van der Waals surface area contributed by atoms with E-state index < -0.39 is 0 Å². The van der Waals surface area contributed by atoms with Gasteiger partial charge >= 0.3 is 0 Å². The van der Waals surface area contributed by atoms with Crippen molar-refractivity contribution in [2.24, 2.45) is 11.8 Å². The predicted octanol–water partition coefficient (Wildman–Crippen LogP) is 1.50. The topological polar surface area (TPSA) is 36.1 Å². The van der Waals surface area contributed by atoms with Gasteiger partial charge in [0.1, 0.15) is 0 Å². The fourth-order valence-corrected chi connectivity index (χ4v) is 2.77. The van der Waals surface area contributed by atoms with Gasteiger partial charge in [0.05, 0.1) is 6.17 Å². The average molecular weight is 311 g/mol. The fraction of sp³-hybridized carbons (Fsp3) is 1.00. The molecule has 1 rings (SSSR count). The first-order valence-corrected chi connectivity index (χ1v) is 6.66. The van der Waals surface area contributed by atoms with Gasteiger partial charge in [-0.15, -0.1) is 0 Å². The van der Waals surface area contributed by atoms with Gasteiger partial charge in [-0.3, -0.25) is 3.53 Å². The zero-order chi connectivity index (χ0) is 10.4. The van der Waals surface area contributed by atoms with Crippen LogP contribution in [-0.4, -0.2) is 25.8 Å². The molecule has 0 aromatic heterocycles. The van der Waals surface area contributed by atoms with E-state index in [0.717, 1.165) is 31.5 Å². The smallest absolute Gasteiger partial charge is 0.0571 e. The molecule has 3 nitrogen and oxygen atoms in total. The summed E-state index contributed by atoms with van der Waals surface area (Å²) in [4.78, 5) is 0. The highest BCUT2D eigenvalue weighted by Crippen LogP contribution is 2.21. The maximum atomic E-state index is 3.57. The lowest BCUT2D eigenvalue weighted by atomic mass is 9.87. The molecule has 0 saturated carbocycles. The Labute approximate surface area is 101 Å². The molecule has 1 saturated heterocycles. The zero-order valence-corrected chi connectivity index (χ0v) is 11.3. The summed E-state index contributed by atoms with van der Waals surface area (Å²) in [5.41, 5.74) is 0. The van der Waals surface area contributed by atoms with Crippen LogP contribution in [0.4, 0.5) is 0 Å². The third-order valence-corrected chi connectivity index (χ3v) is 3.55. The summed E-state index contributed by atoms with van der Waals surface area (Å²) in [6, 6.07) is 0. The van der Waals surface area contributed by atoms with Gasteiger partial charge in [-0.1, -0.05) is 13.8 Å². The van der Waals surface area contributed by atoms with Gasteiger partial charge in [-0.2, -0.15) is 0 Å². The number of halogens is 1. The summed E-state index contributed by atoms with van der Waals surface area (Å²) in [5.74, 6) is 1.62. The molecular formula is C10H22IN3. The first-order chi connectivity index (χ1) is 6.77. The minimum Gasteiger partial charge on any atom is -0.302 e. The fourth-order valence-electron chi connectivity index (χ4n) is 2.07. The lowest BCUT2D eigenvalue weighted by molar-refractivity contribution is 0.226. The molecule has 1 fully saturated rings. The standard InChI is InChI=1S/C10H22IN3/c1-3-12-10-5-4-9(7-13-10)8(2)6-14-11/h8-10,12-14H,3-7H2,1-2H3/t8?,9-,10-/m1/s1. The SMILES string of the molecule is CCN[C@H]1CC[C@@H](C(C)CNI)CN1. The molecule has 0 bridgehead atoms. The number of rotatable bonds is 5. The van der Waals surface area contributed by atoms with Crippen molar-refractivity contribution in [2.45, 2.75) is 32.9 Å². The maximum absolute atomic E-state index is 3.57. The maximum Gasteiger partial charge on any atom is 0.0571 e. The Kier molecular flexibility index (Phi) is 6.32. The minimum atomic E-state index is 0.552. The Morgan fingerprint density at radius 3 is 2.79 bits per heavy atom. The Bertz CT molecular complexity index is 146. The van der Waals surface area contributed by atoms with Gasteiger partial charge < -0.3 is 10.6 Å². The van der Waals surface area contributed by atoms with E-state index in [4.69, 9.17) is 0 Å². The van der Waals surface area contributed by atoms with Crippen molar-refractivity contribution in [1.82, 2.24) is 14.2 Å². The second-order valence-corrected chi connectivity index (χ2v) is 4.93. The third kappa shape index (κ3) is 4.00. The second kappa shape index (κ2) is 6.98. The highest BCUT2D eigenvalue weighted by Gasteiger charge is 2.23. The Morgan fingerprint density at radius 2 is 2.29 bits per heavy atom. The van der Waals surface area contributed by atoms with Crippen molar-refractivity contribution in [3.8, 4) is 0 Å². The molecule has 14 heavy (non-hydrogen) atoms. The summed E-state index contributed by atoms with van der Waals surface area (Å²) < 4.78 is 3.23. The van der Waals surface area contributed by atoms with Gasteiger partial charge in [-0.25, -0.2) is 0 Å². The molecule has 0 spiro atoms. The van der Waals surface area contributed by atoms with Crippen LogP contribution in [0.25, 0.3) is 0 Å². The first kappa shape index (κ1) is 12.7. The number of piperidine rings is 1. The van der Waals surface area contributed by atoms with E-state index in [9.17, 15) is 0 Å². The van der Waals surface area contributed by atoms with Crippen LogP contribution in [0.5, 0.6) is 0 Å². The second-order valence-electron chi connectivity index (χ2n) is 4.17. The van der Waals surface area contributed by atoms with E-state index in [1.165, 1.54) is 12.8 Å². The van der Waals surface area contributed by atoms with Crippen molar-refractivity contribution in [3.63, 3.8) is 0 Å². The van der Waals surface area contributed by atoms with Crippen molar-refractivity contribution >= 4 is 22.9 Å². The van der Waals surface area contributed by atoms with Crippen molar-refractivity contribution in [1.29, 1.82) is 0 Å². The molecule has 3 atom stereocenters. The molecule has 3 N–H and O–H groups in total. The Morgan fingerprint density at radius 1 is 1.50 bits per heavy atom. The molecule has 0 aromatic carbocycles. The molecule has 1 aliphatic rings. The van der Waals surface area contributed by atoms with E-state index in [-0.39, 0.29) is 0 Å². The molecule has 0 amide bonds. The van der Waals surface area contributed by atoms with Crippen LogP contribution in [-0.2, 0) is 0 Å². The van der Waals surface area contributed by atoms with Crippen LogP contribution in [0.2, 0.25) is 0 Å². The van der Waals surface area contributed by atoms with Gasteiger partial charge in [0.25, 0.3) is 0 Å². The van der Waals surface area contributed by atoms with Crippen LogP contribution in [0, 0.1) is 11.8 Å². The monoisotopic (exact) mass is 311 g/mol. The lowest BCUT2D eigenvalue weighted by Crippen LogP contribution is -2.49. The number of hydrogen-bond donors (Lipinski definition) is 3. The van der Waals surface area contributed by atoms with E-state index in [0.29, 0.717) is 6.17 Å². The van der Waals surface area contributed by atoms with Crippen molar-refractivity contribution in [2.75, 3.05) is 19.6 Å². The summed E-state index contributed by atoms with van der Waals surface area (Å²) in [6.07, 6.45) is 3.17. The summed E-state index contributed by atoms with van der Waals surface area (Å²) in [6.45, 7) is 7.85. The van der Waals surface area contributed by atoms with E-state index in [1.54, 1.807) is 0 Å². The van der Waals surface area contributed by atoms with Crippen LogP contribution in [0.3, 0.4) is 0 Å². The molecule has 0 radical (unpaired) electrons. The zero-order valence-electron chi connectivity index (χ0n) is 9.15. The first-order valence-electron chi connectivity index (χ1n) is 5.58. The van der Waals surface area contributed by atoms with Gasteiger partial charge in [-0.05, 0) is 37.8 Å². The largest absolute Gasteiger partial charge is 0.302 e. The Balaban J connectivity index is 2.21. The van der Waals surface area contributed by atoms with Gasteiger partial charge in [0.15, 0.2) is 0 Å². The minimum absolute atomic E-state index is 0.552. The van der Waals surface area contributed by atoms with Crippen molar-refractivity contribution < 1.29 is 0 Å². The quantitative estimate of drug-likeness (QED) is 0.532. The molecule has 1 heterocycles. The normalized spacial score (nSPS) is 30.2. The van der Waals surface area contributed by atoms with Crippen LogP contribution in [0.1, 0.15) is 26.7 Å². The molecule has 0 aliphatic carbocycles. The molecule has 1 unspecified atom stereocenters. The van der Waals surface area contributed by atoms with Crippen LogP contribution >= 0.6 is 22.9 Å². The summed E-state index contributed by atoms with van der Waals surface area (Å²) >= 11 is 2.23. The highest BCUT2D eigenvalue weighted by molar-refractivity contribution is 14.1. The molecule has 0 aromatic rings. The van der Waals surface area contributed by atoms with E-state index in [2.05, 4.69) is 50.9 Å². The molecule has 84 valence electrons. The number of hydrogen-bond acceptors (Lipinski definition) is 3. The van der Waals surface area contributed by atoms with Gasteiger partial charge in [0, 0.05) is 29.4 Å². The van der Waals surface area contributed by atoms with E-state index in [1.807, 2.05) is 0 Å². The summed E-state index contributed by atoms with van der Waals surface area (Å²) in [5, 5.41) is 7.02. The molecule has 4 heteroatoms. The third-order valence-electron chi connectivity index (χ3n) is 3.11. The average Bonchev–Trinajstić information content (AvgIpc) is 2.20. The van der Waals surface area contributed by atoms with Gasteiger partial charge in [0.2, 0.25) is 0 Å². The van der Waals surface area contributed by atoms with E-state index >= 15 is 0 Å². The molecule has 1 aliphatic heterocycles. The van der Waals surface area contributed by atoms with Crippen LogP contribution < -0.4 is 14.2 Å². The number of nitrogens with one attached hydrogen (secondary N) is 3. The van der Waals surface area contributed by atoms with Crippen molar-refractivity contribution in [3.05, 3.63) is 0 Å². The highest BCUT2D eigenvalue weighted by atomic mass is 127. The predicted molar refractivity (Wildman–Crippen MR) is 69.4 cm³/mol. The lowest BCUT2D eigenvalue weighted by Gasteiger charge is -2.33. The molecular weight excluding hydrogens is 289 g/mol. The van der Waals surface area contributed by atoms with Crippen LogP contribution in [0.15, 0.2) is 0 Å².